The standard InChI is InChI=1S/C14H19NO2S/c1-11-3-5-12(6-4-11)13-7-9-14(10-8-13)15-18(2,16)17/h3-7,14-15H,8-10H2,1-2H3. The molecule has 1 unspecified atom stereocenters. The van der Waals surface area contributed by atoms with Crippen molar-refractivity contribution in [1.29, 1.82) is 0 Å². The quantitative estimate of drug-likeness (QED) is 0.912. The van der Waals surface area contributed by atoms with E-state index in [4.69, 9.17) is 0 Å². The zero-order valence-corrected chi connectivity index (χ0v) is 11.6. The van der Waals surface area contributed by atoms with Crippen LogP contribution in [0.2, 0.25) is 0 Å². The average Bonchev–Trinajstić information content (AvgIpc) is 2.29. The van der Waals surface area contributed by atoms with Gasteiger partial charge in [-0.2, -0.15) is 0 Å². The maximum atomic E-state index is 11.2. The fourth-order valence-corrected chi connectivity index (χ4v) is 3.09. The van der Waals surface area contributed by atoms with Crippen LogP contribution in [0.5, 0.6) is 0 Å². The fourth-order valence-electron chi connectivity index (χ4n) is 2.27. The molecule has 0 saturated heterocycles. The number of benzene rings is 1. The molecule has 0 bridgehead atoms. The molecule has 0 spiro atoms. The summed E-state index contributed by atoms with van der Waals surface area (Å²) in [5.41, 5.74) is 3.83. The third-order valence-corrected chi connectivity index (χ3v) is 3.98. The molecule has 2 rings (SSSR count). The molecule has 98 valence electrons. The highest BCUT2D eigenvalue weighted by Crippen LogP contribution is 2.27. The lowest BCUT2D eigenvalue weighted by molar-refractivity contribution is 0.530. The van der Waals surface area contributed by atoms with E-state index in [1.807, 2.05) is 0 Å². The summed E-state index contributed by atoms with van der Waals surface area (Å²) in [6, 6.07) is 8.53. The van der Waals surface area contributed by atoms with Crippen molar-refractivity contribution >= 4 is 15.6 Å². The zero-order chi connectivity index (χ0) is 13.2. The summed E-state index contributed by atoms with van der Waals surface area (Å²) < 4.78 is 25.0. The number of hydrogen-bond acceptors (Lipinski definition) is 2. The zero-order valence-electron chi connectivity index (χ0n) is 10.8. The Bertz CT molecular complexity index is 544. The summed E-state index contributed by atoms with van der Waals surface area (Å²) >= 11 is 0. The smallest absolute Gasteiger partial charge is 0.208 e. The first kappa shape index (κ1) is 13.3. The Labute approximate surface area is 109 Å². The van der Waals surface area contributed by atoms with Crippen LogP contribution in [0.15, 0.2) is 30.3 Å². The number of aryl methyl sites for hydroxylation is 1. The molecule has 1 atom stereocenters. The molecule has 1 aliphatic carbocycles. The van der Waals surface area contributed by atoms with Crippen LogP contribution in [0.1, 0.15) is 30.4 Å². The molecule has 18 heavy (non-hydrogen) atoms. The molecule has 0 fully saturated rings. The van der Waals surface area contributed by atoms with Crippen LogP contribution in [0.4, 0.5) is 0 Å². The molecular formula is C14H19NO2S. The first-order valence-corrected chi connectivity index (χ1v) is 8.06. The number of hydrogen-bond donors (Lipinski definition) is 1. The Morgan fingerprint density at radius 3 is 2.39 bits per heavy atom. The van der Waals surface area contributed by atoms with Crippen molar-refractivity contribution in [2.75, 3.05) is 6.26 Å². The van der Waals surface area contributed by atoms with Crippen molar-refractivity contribution in [2.24, 2.45) is 0 Å². The lowest BCUT2D eigenvalue weighted by Gasteiger charge is -2.22. The summed E-state index contributed by atoms with van der Waals surface area (Å²) in [5.74, 6) is 0. The molecule has 0 aliphatic heterocycles. The highest BCUT2D eigenvalue weighted by atomic mass is 32.2. The van der Waals surface area contributed by atoms with Gasteiger partial charge in [0.25, 0.3) is 0 Å². The minimum absolute atomic E-state index is 0.0502. The van der Waals surface area contributed by atoms with E-state index in [1.54, 1.807) is 0 Å². The van der Waals surface area contributed by atoms with Crippen LogP contribution in [0.3, 0.4) is 0 Å². The van der Waals surface area contributed by atoms with E-state index in [-0.39, 0.29) is 6.04 Å². The van der Waals surface area contributed by atoms with E-state index >= 15 is 0 Å². The number of rotatable bonds is 3. The van der Waals surface area contributed by atoms with Gasteiger partial charge in [0, 0.05) is 6.04 Å². The van der Waals surface area contributed by atoms with Gasteiger partial charge in [-0.3, -0.25) is 0 Å². The molecule has 4 heteroatoms. The van der Waals surface area contributed by atoms with Crippen molar-refractivity contribution in [3.63, 3.8) is 0 Å². The topological polar surface area (TPSA) is 46.2 Å². The molecule has 0 amide bonds. The summed E-state index contributed by atoms with van der Waals surface area (Å²) in [6.45, 7) is 2.07. The predicted octanol–water partition coefficient (Wildman–Crippen LogP) is 2.48. The summed E-state index contributed by atoms with van der Waals surface area (Å²) in [5, 5.41) is 0. The Balaban J connectivity index is 2.05. The summed E-state index contributed by atoms with van der Waals surface area (Å²) in [7, 11) is -3.09. The summed E-state index contributed by atoms with van der Waals surface area (Å²) in [6.07, 6.45) is 5.93. The van der Waals surface area contributed by atoms with Crippen LogP contribution < -0.4 is 4.72 Å². The average molecular weight is 265 g/mol. The SMILES string of the molecule is Cc1ccc(C2=CCC(NS(C)(=O)=O)CC2)cc1. The predicted molar refractivity (Wildman–Crippen MR) is 74.8 cm³/mol. The molecule has 1 N–H and O–H groups in total. The lowest BCUT2D eigenvalue weighted by Crippen LogP contribution is -2.34. The molecule has 3 nitrogen and oxygen atoms in total. The number of nitrogens with one attached hydrogen (secondary N) is 1. The molecule has 0 aromatic heterocycles. The van der Waals surface area contributed by atoms with Crippen molar-refractivity contribution in [3.05, 3.63) is 41.5 Å². The Kier molecular flexibility index (Phi) is 3.88. The van der Waals surface area contributed by atoms with Gasteiger partial charge in [0.05, 0.1) is 6.26 Å². The number of sulfonamides is 1. The maximum absolute atomic E-state index is 11.2. The van der Waals surface area contributed by atoms with Crippen LogP contribution in [-0.4, -0.2) is 20.7 Å². The molecule has 0 radical (unpaired) electrons. The largest absolute Gasteiger partial charge is 0.213 e. The van der Waals surface area contributed by atoms with Crippen molar-refractivity contribution < 1.29 is 8.42 Å². The third-order valence-electron chi connectivity index (χ3n) is 3.21. The second-order valence-electron chi connectivity index (χ2n) is 4.96. The van der Waals surface area contributed by atoms with Gasteiger partial charge in [0.15, 0.2) is 0 Å². The third kappa shape index (κ3) is 3.68. The van der Waals surface area contributed by atoms with Gasteiger partial charge in [-0.25, -0.2) is 13.1 Å². The van der Waals surface area contributed by atoms with E-state index in [1.165, 1.54) is 23.0 Å². The molecule has 1 aliphatic rings. The summed E-state index contributed by atoms with van der Waals surface area (Å²) in [4.78, 5) is 0. The van der Waals surface area contributed by atoms with E-state index in [0.29, 0.717) is 0 Å². The molecule has 1 aromatic carbocycles. The Hall–Kier alpha value is -1.13. The van der Waals surface area contributed by atoms with E-state index in [9.17, 15) is 8.42 Å². The molecule has 0 saturated carbocycles. The van der Waals surface area contributed by atoms with E-state index < -0.39 is 10.0 Å². The Morgan fingerprint density at radius 1 is 1.22 bits per heavy atom. The first-order chi connectivity index (χ1) is 8.44. The van der Waals surface area contributed by atoms with Gasteiger partial charge in [0.2, 0.25) is 10.0 Å². The minimum Gasteiger partial charge on any atom is -0.213 e. The normalized spacial score (nSPS) is 20.6. The molecule has 0 heterocycles. The van der Waals surface area contributed by atoms with Gasteiger partial charge >= 0.3 is 0 Å². The van der Waals surface area contributed by atoms with Crippen LogP contribution >= 0.6 is 0 Å². The lowest BCUT2D eigenvalue weighted by atomic mass is 9.91. The monoisotopic (exact) mass is 265 g/mol. The van der Waals surface area contributed by atoms with Gasteiger partial charge in [-0.15, -0.1) is 0 Å². The van der Waals surface area contributed by atoms with E-state index in [2.05, 4.69) is 42.0 Å². The molecule has 1 aromatic rings. The van der Waals surface area contributed by atoms with Gasteiger partial charge in [-0.05, 0) is 37.3 Å². The second kappa shape index (κ2) is 5.24. The Morgan fingerprint density at radius 2 is 1.89 bits per heavy atom. The minimum atomic E-state index is -3.09. The number of allylic oxidation sites excluding steroid dienone is 1. The van der Waals surface area contributed by atoms with Gasteiger partial charge in [-0.1, -0.05) is 35.9 Å². The van der Waals surface area contributed by atoms with Crippen molar-refractivity contribution in [1.82, 2.24) is 4.72 Å². The highest BCUT2D eigenvalue weighted by Gasteiger charge is 2.18. The second-order valence-corrected chi connectivity index (χ2v) is 6.74. The van der Waals surface area contributed by atoms with E-state index in [0.717, 1.165) is 19.3 Å². The molecular weight excluding hydrogens is 246 g/mol. The highest BCUT2D eigenvalue weighted by molar-refractivity contribution is 7.88. The first-order valence-electron chi connectivity index (χ1n) is 6.17. The van der Waals surface area contributed by atoms with Crippen LogP contribution in [-0.2, 0) is 10.0 Å². The van der Waals surface area contributed by atoms with Gasteiger partial charge in [0.1, 0.15) is 0 Å². The van der Waals surface area contributed by atoms with Crippen molar-refractivity contribution in [3.8, 4) is 0 Å². The van der Waals surface area contributed by atoms with Crippen LogP contribution in [0.25, 0.3) is 5.57 Å². The van der Waals surface area contributed by atoms with Crippen LogP contribution in [0, 0.1) is 6.92 Å². The maximum Gasteiger partial charge on any atom is 0.208 e. The van der Waals surface area contributed by atoms with Gasteiger partial charge < -0.3 is 0 Å². The van der Waals surface area contributed by atoms with Crippen molar-refractivity contribution in [2.45, 2.75) is 32.2 Å². The fraction of sp³-hybridized carbons (Fsp3) is 0.429.